The minimum absolute atomic E-state index is 0.111. The lowest BCUT2D eigenvalue weighted by Crippen LogP contribution is -2.33. The van der Waals surface area contributed by atoms with E-state index in [-0.39, 0.29) is 5.78 Å². The molecule has 0 aromatic carbocycles. The molecule has 2 rings (SSSR count). The Hall–Kier alpha value is -1.13. The molecule has 0 amide bonds. The number of hydrogen-bond acceptors (Lipinski definition) is 4. The van der Waals surface area contributed by atoms with Crippen molar-refractivity contribution in [1.29, 1.82) is 0 Å². The number of carbonyl (C=O) groups excluding carboxylic acids is 1. The number of Topliss-reactive ketones (excluding diaryl/α,β-unsaturated/α-hetero) is 1. The molecule has 1 fully saturated rings. The molecule has 0 aliphatic heterocycles. The molecule has 3 N–H and O–H groups in total. The highest BCUT2D eigenvalue weighted by Gasteiger charge is 2.29. The van der Waals surface area contributed by atoms with Gasteiger partial charge in [0, 0.05) is 6.42 Å². The monoisotopic (exact) mass is 293 g/mol. The lowest BCUT2D eigenvalue weighted by atomic mass is 9.95. The molecule has 21 heavy (non-hydrogen) atoms. The first-order valence-corrected chi connectivity index (χ1v) is 8.12. The van der Waals surface area contributed by atoms with Gasteiger partial charge in [0.2, 0.25) is 0 Å². The third kappa shape index (κ3) is 4.97. The van der Waals surface area contributed by atoms with Gasteiger partial charge < -0.3 is 15.6 Å². The van der Waals surface area contributed by atoms with Crippen molar-refractivity contribution in [2.75, 3.05) is 13.2 Å². The Balaban J connectivity index is 1.90. The van der Waals surface area contributed by atoms with Gasteiger partial charge in [-0.3, -0.25) is 4.79 Å². The molecular weight excluding hydrogens is 266 g/mol. The third-order valence-electron chi connectivity index (χ3n) is 4.35. The molecule has 0 aromatic heterocycles. The van der Waals surface area contributed by atoms with Crippen LogP contribution in [0.2, 0.25) is 0 Å². The van der Waals surface area contributed by atoms with Gasteiger partial charge in [0.05, 0.1) is 5.60 Å². The van der Waals surface area contributed by atoms with Crippen LogP contribution < -0.4 is 5.73 Å². The molecule has 4 heteroatoms. The molecule has 0 spiro atoms. The maximum absolute atomic E-state index is 11.9. The van der Waals surface area contributed by atoms with Crippen molar-refractivity contribution in [3.63, 3.8) is 0 Å². The van der Waals surface area contributed by atoms with Crippen molar-refractivity contribution >= 4 is 5.78 Å². The highest BCUT2D eigenvalue weighted by atomic mass is 16.5. The molecule has 2 aliphatic rings. The highest BCUT2D eigenvalue weighted by Crippen LogP contribution is 2.29. The summed E-state index contributed by atoms with van der Waals surface area (Å²) in [5.41, 5.74) is 5.52. The smallest absolute Gasteiger partial charge is 0.160 e. The Morgan fingerprint density at radius 1 is 1.29 bits per heavy atom. The maximum atomic E-state index is 11.9. The molecule has 2 aliphatic carbocycles. The maximum Gasteiger partial charge on any atom is 0.160 e. The standard InChI is InChI=1S/C17H27NO3/c18-11-8-16(19)14-6-5-7-15(12-14)21-13-17(20)9-3-1-2-4-10-17/h7,12,20H,1-6,8-11,13,18H2. The van der Waals surface area contributed by atoms with E-state index in [2.05, 4.69) is 0 Å². The number of ketones is 1. The number of rotatable bonds is 6. The molecule has 1 saturated carbocycles. The van der Waals surface area contributed by atoms with Crippen LogP contribution in [0.4, 0.5) is 0 Å². The molecule has 0 bridgehead atoms. The van der Waals surface area contributed by atoms with Crippen molar-refractivity contribution in [3.8, 4) is 0 Å². The first-order valence-electron chi connectivity index (χ1n) is 8.12. The van der Waals surface area contributed by atoms with Gasteiger partial charge in [0.1, 0.15) is 12.4 Å². The van der Waals surface area contributed by atoms with E-state index in [1.807, 2.05) is 12.2 Å². The van der Waals surface area contributed by atoms with Crippen LogP contribution in [-0.2, 0) is 9.53 Å². The van der Waals surface area contributed by atoms with E-state index in [0.29, 0.717) is 19.6 Å². The van der Waals surface area contributed by atoms with Crippen molar-refractivity contribution < 1.29 is 14.6 Å². The van der Waals surface area contributed by atoms with Crippen molar-refractivity contribution in [2.24, 2.45) is 5.73 Å². The summed E-state index contributed by atoms with van der Waals surface area (Å²) in [7, 11) is 0. The lowest BCUT2D eigenvalue weighted by molar-refractivity contribution is -0.115. The number of carbonyl (C=O) groups is 1. The van der Waals surface area contributed by atoms with E-state index in [9.17, 15) is 9.90 Å². The van der Waals surface area contributed by atoms with E-state index >= 15 is 0 Å². The van der Waals surface area contributed by atoms with Gasteiger partial charge in [0.25, 0.3) is 0 Å². The summed E-state index contributed by atoms with van der Waals surface area (Å²) in [4.78, 5) is 11.9. The zero-order valence-electron chi connectivity index (χ0n) is 12.8. The Labute approximate surface area is 127 Å². The first-order chi connectivity index (χ1) is 10.1. The summed E-state index contributed by atoms with van der Waals surface area (Å²) >= 11 is 0. The fourth-order valence-electron chi connectivity index (χ4n) is 3.03. The summed E-state index contributed by atoms with van der Waals surface area (Å²) in [5.74, 6) is 0.833. The van der Waals surface area contributed by atoms with Crippen LogP contribution in [0.15, 0.2) is 23.5 Å². The van der Waals surface area contributed by atoms with Gasteiger partial charge in [-0.25, -0.2) is 0 Å². The molecular formula is C17H27NO3. The van der Waals surface area contributed by atoms with Gasteiger partial charge >= 0.3 is 0 Å². The largest absolute Gasteiger partial charge is 0.491 e. The first kappa shape index (κ1) is 16.2. The van der Waals surface area contributed by atoms with E-state index < -0.39 is 5.60 Å². The Morgan fingerprint density at radius 2 is 2.00 bits per heavy atom. The van der Waals surface area contributed by atoms with Crippen LogP contribution in [0.3, 0.4) is 0 Å². The van der Waals surface area contributed by atoms with Crippen molar-refractivity contribution in [2.45, 2.75) is 63.4 Å². The topological polar surface area (TPSA) is 72.6 Å². The van der Waals surface area contributed by atoms with E-state index in [4.69, 9.17) is 10.5 Å². The number of nitrogens with two attached hydrogens (primary N) is 1. The summed E-state index contributed by atoms with van der Waals surface area (Å²) in [6.45, 7) is 0.712. The van der Waals surface area contributed by atoms with E-state index in [1.54, 1.807) is 0 Å². The molecule has 0 unspecified atom stereocenters. The zero-order chi connectivity index (χ0) is 15.1. The van der Waals surface area contributed by atoms with Crippen LogP contribution in [0.1, 0.15) is 57.8 Å². The fourth-order valence-corrected chi connectivity index (χ4v) is 3.03. The number of aliphatic hydroxyl groups is 1. The SMILES string of the molecule is NCCC(=O)C1=CC(OCC2(O)CCCCCC2)=CCC1. The molecule has 0 saturated heterocycles. The minimum Gasteiger partial charge on any atom is -0.491 e. The second-order valence-electron chi connectivity index (χ2n) is 6.20. The average Bonchev–Trinajstić information content (AvgIpc) is 2.71. The number of ether oxygens (including phenoxy) is 1. The normalized spacial score (nSPS) is 22.0. The molecule has 0 heterocycles. The van der Waals surface area contributed by atoms with Crippen molar-refractivity contribution in [3.05, 3.63) is 23.5 Å². The van der Waals surface area contributed by atoms with Gasteiger partial charge in [-0.1, -0.05) is 25.7 Å². The summed E-state index contributed by atoms with van der Waals surface area (Å²) in [5, 5.41) is 10.6. The summed E-state index contributed by atoms with van der Waals surface area (Å²) in [6, 6.07) is 0. The van der Waals surface area contributed by atoms with Crippen LogP contribution in [0.25, 0.3) is 0 Å². The van der Waals surface area contributed by atoms with Crippen molar-refractivity contribution in [1.82, 2.24) is 0 Å². The van der Waals surface area contributed by atoms with Gasteiger partial charge in [-0.15, -0.1) is 0 Å². The van der Waals surface area contributed by atoms with Crippen LogP contribution in [0.5, 0.6) is 0 Å². The number of allylic oxidation sites excluding steroid dienone is 3. The molecule has 118 valence electrons. The average molecular weight is 293 g/mol. The molecule has 0 radical (unpaired) electrons. The summed E-state index contributed by atoms with van der Waals surface area (Å²) < 4.78 is 5.79. The second kappa shape index (κ2) is 7.76. The van der Waals surface area contributed by atoms with Crippen LogP contribution in [-0.4, -0.2) is 29.6 Å². The van der Waals surface area contributed by atoms with Gasteiger partial charge in [0.15, 0.2) is 5.78 Å². The highest BCUT2D eigenvalue weighted by molar-refractivity contribution is 5.96. The summed E-state index contributed by atoms with van der Waals surface area (Å²) in [6.07, 6.45) is 11.9. The van der Waals surface area contributed by atoms with Gasteiger partial charge in [-0.2, -0.15) is 0 Å². The quantitative estimate of drug-likeness (QED) is 0.738. The zero-order valence-corrected chi connectivity index (χ0v) is 12.8. The van der Waals surface area contributed by atoms with E-state index in [0.717, 1.165) is 49.9 Å². The van der Waals surface area contributed by atoms with Crippen LogP contribution in [0, 0.1) is 0 Å². The Kier molecular flexibility index (Phi) is 6.00. The van der Waals surface area contributed by atoms with Crippen LogP contribution >= 0.6 is 0 Å². The predicted molar refractivity (Wildman–Crippen MR) is 82.7 cm³/mol. The lowest BCUT2D eigenvalue weighted by Gasteiger charge is -2.27. The molecule has 0 atom stereocenters. The minimum atomic E-state index is -0.704. The third-order valence-corrected chi connectivity index (χ3v) is 4.35. The Bertz CT molecular complexity index is 418. The predicted octanol–water partition coefficient (Wildman–Crippen LogP) is 2.61. The molecule has 4 nitrogen and oxygen atoms in total. The van der Waals surface area contributed by atoms with E-state index in [1.165, 1.54) is 12.8 Å². The number of hydrogen-bond donors (Lipinski definition) is 2. The van der Waals surface area contributed by atoms with Gasteiger partial charge in [-0.05, 0) is 50.0 Å². The molecule has 0 aromatic rings. The second-order valence-corrected chi connectivity index (χ2v) is 6.20. The Morgan fingerprint density at radius 3 is 2.67 bits per heavy atom. The fraction of sp³-hybridized carbons (Fsp3) is 0.706.